The number of rotatable bonds is 5. The molecule has 1 saturated carbocycles. The van der Waals surface area contributed by atoms with Gasteiger partial charge in [-0.1, -0.05) is 15.9 Å². The second-order valence-electron chi connectivity index (χ2n) is 4.79. The molecule has 1 aliphatic carbocycles. The van der Waals surface area contributed by atoms with Crippen LogP contribution >= 0.6 is 38.5 Å². The second-order valence-corrected chi connectivity index (χ2v) is 6.75. The fraction of sp³-hybridized carbons (Fsp3) is 0.500. The Hall–Kier alpha value is -0.300. The van der Waals surface area contributed by atoms with Crippen LogP contribution in [0.1, 0.15) is 36.0 Å². The Morgan fingerprint density at radius 2 is 2.21 bits per heavy atom. The van der Waals surface area contributed by atoms with Crippen molar-refractivity contribution in [3.63, 3.8) is 0 Å². The third-order valence-electron chi connectivity index (χ3n) is 3.50. The van der Waals surface area contributed by atoms with Gasteiger partial charge in [-0.2, -0.15) is 0 Å². The lowest BCUT2D eigenvalue weighted by Crippen LogP contribution is -2.44. The number of amides is 1. The van der Waals surface area contributed by atoms with E-state index < -0.39 is 0 Å². The van der Waals surface area contributed by atoms with Gasteiger partial charge in [0.1, 0.15) is 5.75 Å². The Morgan fingerprint density at radius 3 is 2.74 bits per heavy atom. The van der Waals surface area contributed by atoms with E-state index in [0.717, 1.165) is 34.7 Å². The minimum absolute atomic E-state index is 0.0392. The summed E-state index contributed by atoms with van der Waals surface area (Å²) in [7, 11) is 0. The third-order valence-corrected chi connectivity index (χ3v) is 4.98. The molecule has 0 bridgehead atoms. The molecular formula is C14H17BrINO2. The summed E-state index contributed by atoms with van der Waals surface area (Å²) < 4.78 is 0.768. The number of halogens is 2. The minimum Gasteiger partial charge on any atom is -0.507 e. The van der Waals surface area contributed by atoms with Crippen molar-refractivity contribution in [1.82, 2.24) is 4.90 Å². The lowest BCUT2D eigenvalue weighted by molar-refractivity contribution is 0.0581. The molecule has 0 radical (unpaired) electrons. The predicted octanol–water partition coefficient (Wildman–Crippen LogP) is 3.78. The van der Waals surface area contributed by atoms with Gasteiger partial charge in [0.2, 0.25) is 0 Å². The number of aromatic hydroxyl groups is 1. The summed E-state index contributed by atoms with van der Waals surface area (Å²) in [4.78, 5) is 14.5. The molecule has 5 heteroatoms. The molecule has 0 aromatic heterocycles. The molecule has 0 atom stereocenters. The SMILES string of the molecule is O=C(c1ccc(I)c(O)c1)N(CCCBr)C1CCC1. The lowest BCUT2D eigenvalue weighted by Gasteiger charge is -2.37. The van der Waals surface area contributed by atoms with Gasteiger partial charge in [-0.3, -0.25) is 4.79 Å². The molecule has 104 valence electrons. The van der Waals surface area contributed by atoms with E-state index >= 15 is 0 Å². The lowest BCUT2D eigenvalue weighted by atomic mass is 9.91. The van der Waals surface area contributed by atoms with E-state index in [-0.39, 0.29) is 11.7 Å². The Kier molecular flexibility index (Phi) is 5.50. The molecule has 2 rings (SSSR count). The molecule has 19 heavy (non-hydrogen) atoms. The van der Waals surface area contributed by atoms with Gasteiger partial charge < -0.3 is 10.0 Å². The van der Waals surface area contributed by atoms with Crippen LogP contribution in [0.5, 0.6) is 5.75 Å². The molecule has 0 heterocycles. The fourth-order valence-corrected chi connectivity index (χ4v) is 2.78. The number of hydrogen-bond donors (Lipinski definition) is 1. The summed E-state index contributed by atoms with van der Waals surface area (Å²) in [6, 6.07) is 5.54. The van der Waals surface area contributed by atoms with Gasteiger partial charge in [0.15, 0.2) is 0 Å². The van der Waals surface area contributed by atoms with Gasteiger partial charge in [-0.25, -0.2) is 0 Å². The Labute approximate surface area is 135 Å². The summed E-state index contributed by atoms with van der Waals surface area (Å²) in [5.41, 5.74) is 0.583. The zero-order valence-electron chi connectivity index (χ0n) is 10.6. The predicted molar refractivity (Wildman–Crippen MR) is 87.9 cm³/mol. The summed E-state index contributed by atoms with van der Waals surface area (Å²) >= 11 is 5.47. The van der Waals surface area contributed by atoms with Gasteiger partial charge in [-0.05, 0) is 66.5 Å². The van der Waals surface area contributed by atoms with E-state index in [1.807, 2.05) is 4.90 Å². The standard InChI is InChI=1S/C14H17BrINO2/c15-7-2-8-17(11-3-1-4-11)14(19)10-5-6-12(16)13(18)9-10/h5-6,9,11,18H,1-4,7-8H2. The summed E-state index contributed by atoms with van der Waals surface area (Å²) in [6.45, 7) is 0.779. The van der Waals surface area contributed by atoms with E-state index in [4.69, 9.17) is 0 Å². The molecule has 1 fully saturated rings. The van der Waals surface area contributed by atoms with Gasteiger partial charge in [0.25, 0.3) is 5.91 Å². The van der Waals surface area contributed by atoms with Gasteiger partial charge in [0, 0.05) is 23.5 Å². The maximum Gasteiger partial charge on any atom is 0.254 e. The van der Waals surface area contributed by atoms with Crippen molar-refractivity contribution in [2.24, 2.45) is 0 Å². The van der Waals surface area contributed by atoms with Gasteiger partial charge >= 0.3 is 0 Å². The number of phenolic OH excluding ortho intramolecular Hbond substituents is 1. The highest BCUT2D eigenvalue weighted by Gasteiger charge is 2.29. The molecule has 0 spiro atoms. The molecule has 1 N–H and O–H groups in total. The normalized spacial score (nSPS) is 15.1. The van der Waals surface area contributed by atoms with Crippen molar-refractivity contribution < 1.29 is 9.90 Å². The van der Waals surface area contributed by atoms with Crippen LogP contribution in [0, 0.1) is 3.57 Å². The van der Waals surface area contributed by atoms with Crippen LogP contribution in [0.4, 0.5) is 0 Å². The number of carbonyl (C=O) groups is 1. The Morgan fingerprint density at radius 1 is 1.47 bits per heavy atom. The first-order valence-electron chi connectivity index (χ1n) is 6.49. The van der Waals surface area contributed by atoms with Crippen molar-refractivity contribution in [1.29, 1.82) is 0 Å². The van der Waals surface area contributed by atoms with Crippen molar-refractivity contribution in [2.75, 3.05) is 11.9 Å². The highest BCUT2D eigenvalue weighted by atomic mass is 127. The first kappa shape index (κ1) is 15.1. The highest BCUT2D eigenvalue weighted by molar-refractivity contribution is 14.1. The number of nitrogens with zero attached hydrogens (tertiary/aromatic N) is 1. The van der Waals surface area contributed by atoms with Crippen LogP contribution in [-0.4, -0.2) is 33.8 Å². The average Bonchev–Trinajstić information content (AvgIpc) is 2.34. The fourth-order valence-electron chi connectivity index (χ4n) is 2.19. The van der Waals surface area contributed by atoms with Crippen LogP contribution in [0.2, 0.25) is 0 Å². The van der Waals surface area contributed by atoms with E-state index in [9.17, 15) is 9.90 Å². The number of alkyl halides is 1. The number of hydrogen-bond acceptors (Lipinski definition) is 2. The molecule has 1 aliphatic rings. The molecule has 1 amide bonds. The van der Waals surface area contributed by atoms with Crippen LogP contribution in [0.3, 0.4) is 0 Å². The first-order valence-corrected chi connectivity index (χ1v) is 8.69. The van der Waals surface area contributed by atoms with Crippen LogP contribution < -0.4 is 0 Å². The molecule has 1 aromatic rings. The van der Waals surface area contributed by atoms with Crippen LogP contribution in [-0.2, 0) is 0 Å². The zero-order valence-corrected chi connectivity index (χ0v) is 14.4. The largest absolute Gasteiger partial charge is 0.507 e. The number of carbonyl (C=O) groups excluding carboxylic acids is 1. The number of phenols is 1. The monoisotopic (exact) mass is 437 g/mol. The van der Waals surface area contributed by atoms with Gasteiger partial charge in [-0.15, -0.1) is 0 Å². The van der Waals surface area contributed by atoms with Crippen molar-refractivity contribution in [3.05, 3.63) is 27.3 Å². The average molecular weight is 438 g/mol. The third kappa shape index (κ3) is 3.62. The van der Waals surface area contributed by atoms with E-state index in [0.29, 0.717) is 11.6 Å². The zero-order chi connectivity index (χ0) is 13.8. The van der Waals surface area contributed by atoms with Crippen molar-refractivity contribution in [2.45, 2.75) is 31.7 Å². The highest BCUT2D eigenvalue weighted by Crippen LogP contribution is 2.28. The minimum atomic E-state index is 0.0392. The van der Waals surface area contributed by atoms with Crippen LogP contribution in [0.25, 0.3) is 0 Å². The molecule has 0 saturated heterocycles. The molecule has 0 aliphatic heterocycles. The van der Waals surface area contributed by atoms with Crippen molar-refractivity contribution >= 4 is 44.4 Å². The molecular weight excluding hydrogens is 421 g/mol. The summed E-state index contributed by atoms with van der Waals surface area (Å²) in [5.74, 6) is 0.220. The van der Waals surface area contributed by atoms with Crippen molar-refractivity contribution in [3.8, 4) is 5.75 Å². The topological polar surface area (TPSA) is 40.5 Å². The first-order chi connectivity index (χ1) is 9.13. The molecule has 0 unspecified atom stereocenters. The maximum absolute atomic E-state index is 12.5. The van der Waals surface area contributed by atoms with E-state index in [1.54, 1.807) is 18.2 Å². The quantitative estimate of drug-likeness (QED) is 0.562. The Balaban J connectivity index is 2.15. The molecule has 3 nitrogen and oxygen atoms in total. The molecule has 1 aromatic carbocycles. The van der Waals surface area contributed by atoms with E-state index in [2.05, 4.69) is 38.5 Å². The smallest absolute Gasteiger partial charge is 0.254 e. The summed E-state index contributed by atoms with van der Waals surface area (Å²) in [5, 5.41) is 10.6. The van der Waals surface area contributed by atoms with Gasteiger partial charge in [0.05, 0.1) is 3.57 Å². The second kappa shape index (κ2) is 6.92. The van der Waals surface area contributed by atoms with E-state index in [1.165, 1.54) is 6.42 Å². The number of benzene rings is 1. The Bertz CT molecular complexity index is 463. The van der Waals surface area contributed by atoms with Crippen LogP contribution in [0.15, 0.2) is 18.2 Å². The maximum atomic E-state index is 12.5. The summed E-state index contributed by atoms with van der Waals surface area (Å²) in [6.07, 6.45) is 4.37.